The first-order chi connectivity index (χ1) is 18.0. The Kier molecular flexibility index (Phi) is 9.32. The predicted molar refractivity (Wildman–Crippen MR) is 149 cm³/mol. The average Bonchev–Trinajstić information content (AvgIpc) is 3.00. The van der Waals surface area contributed by atoms with Crippen molar-refractivity contribution in [3.63, 3.8) is 0 Å². The average molecular weight is 509 g/mol. The van der Waals surface area contributed by atoms with E-state index in [2.05, 4.69) is 62.9 Å². The van der Waals surface area contributed by atoms with Crippen molar-refractivity contribution in [1.82, 2.24) is 30.1 Å². The predicted octanol–water partition coefficient (Wildman–Crippen LogP) is 2.03. The molecule has 37 heavy (non-hydrogen) atoms. The highest BCUT2D eigenvalue weighted by Crippen LogP contribution is 2.24. The van der Waals surface area contributed by atoms with Crippen LogP contribution in [0.1, 0.15) is 37.8 Å². The van der Waals surface area contributed by atoms with E-state index in [1.54, 1.807) is 17.9 Å². The van der Waals surface area contributed by atoms with E-state index in [0.29, 0.717) is 23.3 Å². The lowest BCUT2D eigenvalue weighted by Crippen LogP contribution is -2.33. The van der Waals surface area contributed by atoms with Crippen molar-refractivity contribution in [3.05, 3.63) is 51.9 Å². The van der Waals surface area contributed by atoms with Gasteiger partial charge >= 0.3 is 0 Å². The molecule has 1 unspecified atom stereocenters. The summed E-state index contributed by atoms with van der Waals surface area (Å²) >= 11 is 0. The number of anilines is 2. The molecule has 2 aromatic heterocycles. The number of nitrogens with two attached hydrogens (primary N) is 1. The summed E-state index contributed by atoms with van der Waals surface area (Å²) in [7, 11) is 1.67. The van der Waals surface area contributed by atoms with Gasteiger partial charge in [-0.1, -0.05) is 25.5 Å². The third-order valence-corrected chi connectivity index (χ3v) is 6.73. The van der Waals surface area contributed by atoms with E-state index in [0.717, 1.165) is 70.0 Å². The number of methoxy groups -OCH3 is 1. The Morgan fingerprint density at radius 3 is 2.57 bits per heavy atom. The molecular weight excluding hydrogens is 468 g/mol. The van der Waals surface area contributed by atoms with E-state index in [4.69, 9.17) is 10.5 Å². The summed E-state index contributed by atoms with van der Waals surface area (Å²) in [4.78, 5) is 24.7. The van der Waals surface area contributed by atoms with Gasteiger partial charge in [0.1, 0.15) is 17.0 Å². The highest BCUT2D eigenvalue weighted by Gasteiger charge is 2.16. The quantitative estimate of drug-likeness (QED) is 0.344. The Bertz CT molecular complexity index is 1240. The van der Waals surface area contributed by atoms with Crippen LogP contribution in [0.5, 0.6) is 5.75 Å². The van der Waals surface area contributed by atoms with Crippen LogP contribution >= 0.6 is 0 Å². The Balaban J connectivity index is 1.58. The summed E-state index contributed by atoms with van der Waals surface area (Å²) in [5.74, 6) is 1.40. The van der Waals surface area contributed by atoms with Crippen molar-refractivity contribution in [1.29, 1.82) is 0 Å². The van der Waals surface area contributed by atoms with Crippen molar-refractivity contribution >= 4 is 22.7 Å². The topological polar surface area (TPSA) is 122 Å². The van der Waals surface area contributed by atoms with Crippen molar-refractivity contribution in [2.75, 3.05) is 57.4 Å². The SMILES string of the molecule is CCCC(C)Nc1nc(N)nc2ccn(Cc3ccc(CN4CCNCCNCC4)cc3OC)c(=O)c12. The zero-order valence-electron chi connectivity index (χ0n) is 22.2. The maximum atomic E-state index is 13.6. The highest BCUT2D eigenvalue weighted by molar-refractivity contribution is 5.89. The first-order valence-corrected chi connectivity index (χ1v) is 13.2. The molecule has 0 radical (unpaired) electrons. The monoisotopic (exact) mass is 508 g/mol. The van der Waals surface area contributed by atoms with Gasteiger partial charge in [-0.05, 0) is 31.0 Å². The van der Waals surface area contributed by atoms with E-state index >= 15 is 0 Å². The number of ether oxygens (including phenoxy) is 1. The lowest BCUT2D eigenvalue weighted by atomic mass is 10.1. The van der Waals surface area contributed by atoms with Gasteiger partial charge in [0.25, 0.3) is 5.56 Å². The fourth-order valence-corrected chi connectivity index (χ4v) is 4.80. The minimum atomic E-state index is -0.161. The zero-order chi connectivity index (χ0) is 26.2. The molecule has 10 heteroatoms. The van der Waals surface area contributed by atoms with Gasteiger partial charge in [-0.15, -0.1) is 0 Å². The fraction of sp³-hybridized carbons (Fsp3) is 0.519. The molecule has 0 saturated carbocycles. The number of hydrogen-bond acceptors (Lipinski definition) is 9. The number of benzene rings is 1. The Labute approximate surface area is 218 Å². The first kappa shape index (κ1) is 26.8. The molecule has 0 bridgehead atoms. The zero-order valence-corrected chi connectivity index (χ0v) is 22.2. The summed E-state index contributed by atoms with van der Waals surface area (Å²) < 4.78 is 7.42. The summed E-state index contributed by atoms with van der Waals surface area (Å²) in [5, 5.41) is 10.7. The molecule has 0 amide bonds. The van der Waals surface area contributed by atoms with Crippen LogP contribution in [-0.4, -0.2) is 71.9 Å². The number of aromatic nitrogens is 3. The van der Waals surface area contributed by atoms with Crippen molar-refractivity contribution in [3.8, 4) is 5.75 Å². The van der Waals surface area contributed by atoms with Crippen LogP contribution in [0, 0.1) is 0 Å². The van der Waals surface area contributed by atoms with Gasteiger partial charge in [0.15, 0.2) is 0 Å². The smallest absolute Gasteiger partial charge is 0.264 e. The lowest BCUT2D eigenvalue weighted by Gasteiger charge is -2.22. The van der Waals surface area contributed by atoms with Crippen LogP contribution in [0.3, 0.4) is 0 Å². The molecule has 3 aromatic rings. The number of rotatable bonds is 9. The van der Waals surface area contributed by atoms with E-state index in [1.807, 2.05) is 6.07 Å². The summed E-state index contributed by atoms with van der Waals surface area (Å²) in [5.41, 5.74) is 8.43. The molecular formula is C27H40N8O2. The summed E-state index contributed by atoms with van der Waals surface area (Å²) in [6, 6.07) is 8.24. The first-order valence-electron chi connectivity index (χ1n) is 13.2. The Hall–Kier alpha value is -3.21. The maximum absolute atomic E-state index is 13.6. The third kappa shape index (κ3) is 6.97. The van der Waals surface area contributed by atoms with Crippen LogP contribution < -0.4 is 32.0 Å². The van der Waals surface area contributed by atoms with Crippen molar-refractivity contribution < 1.29 is 4.74 Å². The van der Waals surface area contributed by atoms with Crippen LogP contribution in [0.4, 0.5) is 11.8 Å². The van der Waals surface area contributed by atoms with Crippen LogP contribution in [0.2, 0.25) is 0 Å². The maximum Gasteiger partial charge on any atom is 0.264 e. The molecule has 200 valence electrons. The van der Waals surface area contributed by atoms with E-state index in [1.165, 1.54) is 5.56 Å². The number of nitrogens with zero attached hydrogens (tertiary/aromatic N) is 4. The number of hydrogen-bond donors (Lipinski definition) is 4. The Morgan fingerprint density at radius 2 is 1.86 bits per heavy atom. The normalized spacial score (nSPS) is 16.1. The largest absolute Gasteiger partial charge is 0.496 e. The number of fused-ring (bicyclic) bond motifs is 1. The molecule has 0 spiro atoms. The molecule has 0 aliphatic carbocycles. The standard InChI is InChI=1S/C27H40N8O2/c1-4-5-19(2)31-25-24-22(32-27(28)33-25)8-13-35(26(24)36)18-21-7-6-20(16-23(21)37-3)17-34-14-11-29-9-10-30-12-15-34/h6-8,13,16,19,29-30H,4-5,9-12,14-15,17-18H2,1-3H3,(H3,28,31,32,33). The molecule has 4 rings (SSSR count). The molecule has 3 heterocycles. The van der Waals surface area contributed by atoms with Gasteiger partial charge in [-0.3, -0.25) is 9.69 Å². The number of pyridine rings is 1. The van der Waals surface area contributed by atoms with Crippen LogP contribution in [-0.2, 0) is 13.1 Å². The van der Waals surface area contributed by atoms with E-state index < -0.39 is 0 Å². The summed E-state index contributed by atoms with van der Waals surface area (Å²) in [6.45, 7) is 11.4. The molecule has 1 fully saturated rings. The second-order valence-electron chi connectivity index (χ2n) is 9.70. The molecule has 1 atom stereocenters. The molecule has 1 aromatic carbocycles. The second kappa shape index (κ2) is 12.8. The van der Waals surface area contributed by atoms with Gasteiger partial charge in [0, 0.05) is 63.6 Å². The summed E-state index contributed by atoms with van der Waals surface area (Å²) in [6.07, 6.45) is 3.74. The van der Waals surface area contributed by atoms with Crippen molar-refractivity contribution in [2.24, 2.45) is 0 Å². The third-order valence-electron chi connectivity index (χ3n) is 6.73. The van der Waals surface area contributed by atoms with Gasteiger partial charge in [-0.25, -0.2) is 4.98 Å². The van der Waals surface area contributed by atoms with Gasteiger partial charge in [0.05, 0.1) is 19.2 Å². The van der Waals surface area contributed by atoms with Crippen LogP contribution in [0.15, 0.2) is 35.3 Å². The van der Waals surface area contributed by atoms with Gasteiger partial charge < -0.3 is 31.0 Å². The Morgan fingerprint density at radius 1 is 1.11 bits per heavy atom. The van der Waals surface area contributed by atoms with E-state index in [9.17, 15) is 4.79 Å². The van der Waals surface area contributed by atoms with Gasteiger partial charge in [0.2, 0.25) is 5.95 Å². The fourth-order valence-electron chi connectivity index (χ4n) is 4.80. The van der Waals surface area contributed by atoms with Crippen molar-refractivity contribution in [2.45, 2.75) is 45.8 Å². The minimum Gasteiger partial charge on any atom is -0.496 e. The number of nitrogens with one attached hydrogen (secondary N) is 3. The lowest BCUT2D eigenvalue weighted by molar-refractivity contribution is 0.272. The number of nitrogen functional groups attached to an aromatic ring is 1. The molecule has 1 aliphatic rings. The highest BCUT2D eigenvalue weighted by atomic mass is 16.5. The molecule has 1 aliphatic heterocycles. The van der Waals surface area contributed by atoms with Gasteiger partial charge in [-0.2, -0.15) is 4.98 Å². The minimum absolute atomic E-state index is 0.148. The van der Waals surface area contributed by atoms with E-state index in [-0.39, 0.29) is 17.5 Å². The van der Waals surface area contributed by atoms with Crippen LogP contribution in [0.25, 0.3) is 10.9 Å². The molecule has 1 saturated heterocycles. The molecule has 5 N–H and O–H groups in total. The molecule has 10 nitrogen and oxygen atoms in total. The second-order valence-corrected chi connectivity index (χ2v) is 9.70.